The third-order valence-electron chi connectivity index (χ3n) is 3.63. The van der Waals surface area contributed by atoms with Gasteiger partial charge in [-0.15, -0.1) is 11.3 Å². The molecule has 130 valence electrons. The standard InChI is InChI=1S/C18H18N2O4S/c1-11-13(20-18(24-11)16-5-4-8-25-16)10-17(21)19-14-9-12(22-2)6-7-15(14)23-3/h4-9H,10H2,1-3H3,(H,19,21). The summed E-state index contributed by atoms with van der Waals surface area (Å²) in [7, 11) is 3.12. The number of carbonyl (C=O) groups excluding carboxylic acids is 1. The van der Waals surface area contributed by atoms with E-state index in [-0.39, 0.29) is 12.3 Å². The summed E-state index contributed by atoms with van der Waals surface area (Å²) in [6.07, 6.45) is 0.112. The van der Waals surface area contributed by atoms with Crippen LogP contribution in [-0.4, -0.2) is 25.1 Å². The number of aryl methyl sites for hydroxylation is 1. The molecule has 0 saturated heterocycles. The van der Waals surface area contributed by atoms with Crippen molar-refractivity contribution in [3.63, 3.8) is 0 Å². The molecular weight excluding hydrogens is 340 g/mol. The summed E-state index contributed by atoms with van der Waals surface area (Å²) in [6, 6.07) is 9.08. The second kappa shape index (κ2) is 7.40. The Kier molecular flexibility index (Phi) is 5.04. The van der Waals surface area contributed by atoms with Crippen LogP contribution in [0.15, 0.2) is 40.1 Å². The molecule has 3 rings (SSSR count). The summed E-state index contributed by atoms with van der Waals surface area (Å²) >= 11 is 1.54. The van der Waals surface area contributed by atoms with E-state index in [9.17, 15) is 4.79 Å². The number of nitrogens with zero attached hydrogens (tertiary/aromatic N) is 1. The number of hydrogen-bond donors (Lipinski definition) is 1. The van der Waals surface area contributed by atoms with Gasteiger partial charge in [0.1, 0.15) is 17.3 Å². The smallest absolute Gasteiger partial charge is 0.236 e. The lowest BCUT2D eigenvalue weighted by Gasteiger charge is -2.11. The first-order chi connectivity index (χ1) is 12.1. The summed E-state index contributed by atoms with van der Waals surface area (Å²) < 4.78 is 16.1. The molecule has 1 N–H and O–H groups in total. The van der Waals surface area contributed by atoms with Crippen molar-refractivity contribution >= 4 is 22.9 Å². The van der Waals surface area contributed by atoms with Gasteiger partial charge in [0.15, 0.2) is 0 Å². The molecule has 0 radical (unpaired) electrons. The molecule has 0 spiro atoms. The Morgan fingerprint density at radius 2 is 2.12 bits per heavy atom. The summed E-state index contributed by atoms with van der Waals surface area (Å²) in [5.74, 6) is 2.16. The van der Waals surface area contributed by atoms with Gasteiger partial charge in [-0.1, -0.05) is 6.07 Å². The second-order valence-electron chi connectivity index (χ2n) is 5.29. The fraction of sp³-hybridized carbons (Fsp3) is 0.222. The van der Waals surface area contributed by atoms with E-state index in [2.05, 4.69) is 10.3 Å². The number of aromatic nitrogens is 1. The zero-order valence-electron chi connectivity index (χ0n) is 14.2. The maximum absolute atomic E-state index is 12.4. The predicted octanol–water partition coefficient (Wildman–Crippen LogP) is 3.91. The van der Waals surface area contributed by atoms with Gasteiger partial charge in [-0.25, -0.2) is 4.98 Å². The lowest BCUT2D eigenvalue weighted by Crippen LogP contribution is -2.15. The summed E-state index contributed by atoms with van der Waals surface area (Å²) in [4.78, 5) is 17.8. The molecule has 0 atom stereocenters. The number of benzene rings is 1. The third-order valence-corrected chi connectivity index (χ3v) is 4.49. The molecule has 2 aromatic heterocycles. The van der Waals surface area contributed by atoms with Gasteiger partial charge in [0.25, 0.3) is 0 Å². The molecule has 25 heavy (non-hydrogen) atoms. The maximum atomic E-state index is 12.4. The Labute approximate surface area is 149 Å². The number of rotatable bonds is 6. The van der Waals surface area contributed by atoms with Crippen LogP contribution >= 0.6 is 11.3 Å². The number of anilines is 1. The van der Waals surface area contributed by atoms with Crippen LogP contribution in [0.5, 0.6) is 11.5 Å². The lowest BCUT2D eigenvalue weighted by molar-refractivity contribution is -0.115. The number of amides is 1. The van der Waals surface area contributed by atoms with E-state index in [0.717, 1.165) is 4.88 Å². The minimum atomic E-state index is -0.208. The molecule has 2 heterocycles. The minimum Gasteiger partial charge on any atom is -0.497 e. The first-order valence-corrected chi connectivity index (χ1v) is 8.50. The zero-order chi connectivity index (χ0) is 17.8. The average Bonchev–Trinajstić information content (AvgIpc) is 3.25. The van der Waals surface area contributed by atoms with Crippen LogP contribution in [-0.2, 0) is 11.2 Å². The number of nitrogens with one attached hydrogen (secondary N) is 1. The van der Waals surface area contributed by atoms with Crippen molar-refractivity contribution in [1.82, 2.24) is 4.98 Å². The fourth-order valence-corrected chi connectivity index (χ4v) is 3.00. The summed E-state index contributed by atoms with van der Waals surface area (Å²) in [6.45, 7) is 1.80. The van der Waals surface area contributed by atoms with Crippen LogP contribution in [0.4, 0.5) is 5.69 Å². The number of oxazole rings is 1. The molecule has 6 nitrogen and oxygen atoms in total. The molecule has 0 aliphatic rings. The monoisotopic (exact) mass is 358 g/mol. The fourth-order valence-electron chi connectivity index (χ4n) is 2.36. The topological polar surface area (TPSA) is 73.6 Å². The van der Waals surface area contributed by atoms with Gasteiger partial charge in [0.2, 0.25) is 11.8 Å². The lowest BCUT2D eigenvalue weighted by atomic mass is 10.2. The van der Waals surface area contributed by atoms with Gasteiger partial charge in [-0.2, -0.15) is 0 Å². The molecular formula is C18H18N2O4S. The number of ether oxygens (including phenoxy) is 2. The van der Waals surface area contributed by atoms with Crippen LogP contribution in [0, 0.1) is 6.92 Å². The molecule has 0 aliphatic heterocycles. The van der Waals surface area contributed by atoms with E-state index < -0.39 is 0 Å². The molecule has 0 fully saturated rings. The Morgan fingerprint density at radius 3 is 2.80 bits per heavy atom. The van der Waals surface area contributed by atoms with Crippen molar-refractivity contribution in [2.45, 2.75) is 13.3 Å². The van der Waals surface area contributed by atoms with Gasteiger partial charge >= 0.3 is 0 Å². The minimum absolute atomic E-state index is 0.112. The van der Waals surface area contributed by atoms with Gasteiger partial charge in [0.05, 0.1) is 36.9 Å². The number of carbonyl (C=O) groups is 1. The molecule has 0 aliphatic carbocycles. The zero-order valence-corrected chi connectivity index (χ0v) is 15.0. The molecule has 0 saturated carbocycles. The number of thiophene rings is 1. The number of hydrogen-bond acceptors (Lipinski definition) is 6. The van der Waals surface area contributed by atoms with Crippen molar-refractivity contribution in [1.29, 1.82) is 0 Å². The summed E-state index contributed by atoms with van der Waals surface area (Å²) in [5.41, 5.74) is 1.16. The van der Waals surface area contributed by atoms with Gasteiger partial charge in [0, 0.05) is 6.07 Å². The number of methoxy groups -OCH3 is 2. The molecule has 1 aromatic carbocycles. The highest BCUT2D eigenvalue weighted by Crippen LogP contribution is 2.29. The highest BCUT2D eigenvalue weighted by molar-refractivity contribution is 7.13. The molecule has 0 unspecified atom stereocenters. The van der Waals surface area contributed by atoms with Gasteiger partial charge < -0.3 is 19.2 Å². The van der Waals surface area contributed by atoms with Crippen molar-refractivity contribution in [3.8, 4) is 22.3 Å². The second-order valence-corrected chi connectivity index (χ2v) is 6.24. The van der Waals surface area contributed by atoms with E-state index in [0.29, 0.717) is 34.5 Å². The third kappa shape index (κ3) is 3.83. The molecule has 1 amide bonds. The Hall–Kier alpha value is -2.80. The van der Waals surface area contributed by atoms with E-state index in [1.807, 2.05) is 17.5 Å². The highest BCUT2D eigenvalue weighted by atomic mass is 32.1. The van der Waals surface area contributed by atoms with Crippen LogP contribution in [0.25, 0.3) is 10.8 Å². The Morgan fingerprint density at radius 1 is 1.28 bits per heavy atom. The predicted molar refractivity (Wildman–Crippen MR) is 96.4 cm³/mol. The van der Waals surface area contributed by atoms with Crippen molar-refractivity contribution in [2.75, 3.05) is 19.5 Å². The largest absolute Gasteiger partial charge is 0.497 e. The molecule has 3 aromatic rings. The first kappa shape index (κ1) is 17.0. The Bertz CT molecular complexity index is 871. The van der Waals surface area contributed by atoms with Crippen molar-refractivity contribution in [2.24, 2.45) is 0 Å². The first-order valence-electron chi connectivity index (χ1n) is 7.62. The normalized spacial score (nSPS) is 10.5. The molecule has 7 heteroatoms. The van der Waals surface area contributed by atoms with Crippen LogP contribution in [0.1, 0.15) is 11.5 Å². The van der Waals surface area contributed by atoms with Crippen molar-refractivity contribution < 1.29 is 18.7 Å². The van der Waals surface area contributed by atoms with Crippen LogP contribution in [0.2, 0.25) is 0 Å². The van der Waals surface area contributed by atoms with E-state index >= 15 is 0 Å². The molecule has 0 bridgehead atoms. The van der Waals surface area contributed by atoms with Crippen LogP contribution in [0.3, 0.4) is 0 Å². The SMILES string of the molecule is COc1ccc(OC)c(NC(=O)Cc2nc(-c3cccs3)oc2C)c1. The van der Waals surface area contributed by atoms with Gasteiger partial charge in [-0.05, 0) is 30.5 Å². The van der Waals surface area contributed by atoms with Crippen molar-refractivity contribution in [3.05, 3.63) is 47.2 Å². The van der Waals surface area contributed by atoms with E-state index in [1.54, 1.807) is 50.7 Å². The highest BCUT2D eigenvalue weighted by Gasteiger charge is 2.16. The quantitative estimate of drug-likeness (QED) is 0.723. The van der Waals surface area contributed by atoms with Gasteiger partial charge in [-0.3, -0.25) is 4.79 Å². The average molecular weight is 358 g/mol. The maximum Gasteiger partial charge on any atom is 0.236 e. The van der Waals surface area contributed by atoms with E-state index in [4.69, 9.17) is 13.9 Å². The summed E-state index contributed by atoms with van der Waals surface area (Å²) in [5, 5.41) is 4.79. The van der Waals surface area contributed by atoms with Crippen LogP contribution < -0.4 is 14.8 Å². The Balaban J connectivity index is 1.75. The van der Waals surface area contributed by atoms with E-state index in [1.165, 1.54) is 0 Å².